The molecule has 192 valence electrons. The average molecular weight is 510 g/mol. The first-order valence-corrected chi connectivity index (χ1v) is 14.6. The first-order chi connectivity index (χ1) is 17.6. The van der Waals surface area contributed by atoms with Gasteiger partial charge in [0, 0.05) is 44.0 Å². The van der Waals surface area contributed by atoms with Gasteiger partial charge >= 0.3 is 0 Å². The van der Waals surface area contributed by atoms with Crippen LogP contribution in [0.1, 0.15) is 37.8 Å². The number of ether oxygens (including phenoxy) is 2. The predicted octanol–water partition coefficient (Wildman–Crippen LogP) is 3.43. The summed E-state index contributed by atoms with van der Waals surface area (Å²) in [6, 6.07) is 6.89. The molecule has 2 aliphatic heterocycles. The lowest BCUT2D eigenvalue weighted by Crippen LogP contribution is -2.45. The van der Waals surface area contributed by atoms with E-state index in [2.05, 4.69) is 43.8 Å². The van der Waals surface area contributed by atoms with Crippen LogP contribution in [0.3, 0.4) is 0 Å². The van der Waals surface area contributed by atoms with Crippen LogP contribution < -0.4 is 10.5 Å². The minimum atomic E-state index is -0.622. The number of hydrogen-bond donors (Lipinski definition) is 1. The molecule has 0 amide bonds. The molecule has 1 unspecified atom stereocenters. The summed E-state index contributed by atoms with van der Waals surface area (Å²) < 4.78 is 25.9. The molecule has 6 rings (SSSR count). The molecule has 1 atom stereocenters. The van der Waals surface area contributed by atoms with Gasteiger partial charge in [0.05, 0.1) is 12.0 Å². The van der Waals surface area contributed by atoms with Gasteiger partial charge in [0.25, 0.3) is 0 Å². The molecule has 1 aromatic carbocycles. The predicted molar refractivity (Wildman–Crippen MR) is 143 cm³/mol. The summed E-state index contributed by atoms with van der Waals surface area (Å²) in [7, 11) is 0. The molecule has 8 nitrogen and oxygen atoms in total. The first kappa shape index (κ1) is 24.0. The van der Waals surface area contributed by atoms with Crippen LogP contribution in [0.5, 0.6) is 5.75 Å². The maximum Gasteiger partial charge on any atom is 0.146 e. The molecule has 3 aromatic rings. The topological polar surface area (TPSA) is 101 Å². The van der Waals surface area contributed by atoms with Crippen molar-refractivity contribution in [2.45, 2.75) is 44.8 Å². The van der Waals surface area contributed by atoms with E-state index < -0.39 is 11.2 Å². The van der Waals surface area contributed by atoms with Gasteiger partial charge in [0.1, 0.15) is 41.2 Å². The van der Waals surface area contributed by atoms with E-state index in [-0.39, 0.29) is 6.10 Å². The fourth-order valence-corrected chi connectivity index (χ4v) is 6.99. The summed E-state index contributed by atoms with van der Waals surface area (Å²) in [5, 5.41) is 0.918. The van der Waals surface area contributed by atoms with E-state index in [4.69, 9.17) is 15.2 Å². The summed E-state index contributed by atoms with van der Waals surface area (Å²) in [6.07, 6.45) is 8.09. The Hall–Kier alpha value is -2.33. The van der Waals surface area contributed by atoms with E-state index in [1.165, 1.54) is 5.56 Å². The van der Waals surface area contributed by atoms with Crippen molar-refractivity contribution >= 4 is 28.0 Å². The number of aromatic nitrogens is 3. The Balaban J connectivity index is 1.23. The number of nitrogens with two attached hydrogens (primary N) is 1. The highest BCUT2D eigenvalue weighted by atomic mass is 32.2. The SMILES string of the molecule is CCOCC1CCc2ccc(-c3cn([C@H]4C[C@@H](CN5CC[S+]([O-])CC5)C4)c4ncnc(N)c34)cc2O1. The van der Waals surface area contributed by atoms with Crippen molar-refractivity contribution in [3.8, 4) is 16.9 Å². The van der Waals surface area contributed by atoms with Gasteiger partial charge in [-0.05, 0) is 55.7 Å². The Morgan fingerprint density at radius 2 is 2.06 bits per heavy atom. The first-order valence-electron chi connectivity index (χ1n) is 13.1. The van der Waals surface area contributed by atoms with Crippen LogP contribution in [0.15, 0.2) is 30.7 Å². The number of nitrogen functional groups attached to an aromatic ring is 1. The molecule has 2 aromatic heterocycles. The summed E-state index contributed by atoms with van der Waals surface area (Å²) in [5.74, 6) is 3.75. The lowest BCUT2D eigenvalue weighted by molar-refractivity contribution is 0.0458. The fourth-order valence-electron chi connectivity index (χ4n) is 5.87. The third-order valence-corrected chi connectivity index (χ3v) is 9.22. The van der Waals surface area contributed by atoms with Gasteiger partial charge in [0.15, 0.2) is 0 Å². The molecular formula is C27H35N5O3S. The van der Waals surface area contributed by atoms with Gasteiger partial charge < -0.3 is 24.3 Å². The molecule has 0 spiro atoms. The Labute approximate surface area is 215 Å². The maximum atomic E-state index is 11.7. The van der Waals surface area contributed by atoms with Gasteiger partial charge in [-0.1, -0.05) is 23.3 Å². The van der Waals surface area contributed by atoms with Gasteiger partial charge in [-0.25, -0.2) is 9.97 Å². The third kappa shape index (κ3) is 4.69. The molecule has 2 fully saturated rings. The Kier molecular flexibility index (Phi) is 6.81. The van der Waals surface area contributed by atoms with Crippen LogP contribution in [0, 0.1) is 5.92 Å². The zero-order chi connectivity index (χ0) is 24.6. The van der Waals surface area contributed by atoms with E-state index in [0.717, 1.165) is 84.7 Å². The summed E-state index contributed by atoms with van der Waals surface area (Å²) >= 11 is -0.622. The molecular weight excluding hydrogens is 474 g/mol. The van der Waals surface area contributed by atoms with Crippen molar-refractivity contribution in [2.75, 3.05) is 50.1 Å². The van der Waals surface area contributed by atoms with Gasteiger partial charge in [-0.3, -0.25) is 4.90 Å². The van der Waals surface area contributed by atoms with Crippen molar-refractivity contribution < 1.29 is 14.0 Å². The molecule has 1 saturated carbocycles. The van der Waals surface area contributed by atoms with E-state index in [0.29, 0.717) is 31.0 Å². The monoisotopic (exact) mass is 509 g/mol. The van der Waals surface area contributed by atoms with E-state index in [9.17, 15) is 4.55 Å². The van der Waals surface area contributed by atoms with Crippen molar-refractivity contribution in [3.63, 3.8) is 0 Å². The van der Waals surface area contributed by atoms with Gasteiger partial charge in [-0.2, -0.15) is 0 Å². The van der Waals surface area contributed by atoms with E-state index in [1.54, 1.807) is 6.33 Å². The highest BCUT2D eigenvalue weighted by Gasteiger charge is 2.34. The number of rotatable bonds is 7. The van der Waals surface area contributed by atoms with Crippen LogP contribution in [0.4, 0.5) is 5.82 Å². The second kappa shape index (κ2) is 10.2. The minimum Gasteiger partial charge on any atom is -0.616 e. The molecule has 9 heteroatoms. The second-order valence-electron chi connectivity index (χ2n) is 10.3. The molecule has 36 heavy (non-hydrogen) atoms. The van der Waals surface area contributed by atoms with Crippen LogP contribution in [-0.4, -0.2) is 74.4 Å². The number of hydrogen-bond acceptors (Lipinski definition) is 7. The molecule has 1 aliphatic carbocycles. The Morgan fingerprint density at radius 3 is 2.86 bits per heavy atom. The van der Waals surface area contributed by atoms with Crippen LogP contribution in [0.25, 0.3) is 22.2 Å². The lowest BCUT2D eigenvalue weighted by atomic mass is 9.79. The summed E-state index contributed by atoms with van der Waals surface area (Å²) in [5.41, 5.74) is 10.7. The van der Waals surface area contributed by atoms with E-state index in [1.807, 2.05) is 6.92 Å². The van der Waals surface area contributed by atoms with E-state index >= 15 is 0 Å². The standard InChI is InChI=1S/C27H35N5O3S/c1-2-34-16-22-6-5-19-3-4-20(13-24(19)35-22)23-15-32(27-25(23)26(28)29-17-30-27)21-11-18(12-21)14-31-7-9-36(33)10-8-31/h3-4,13,15,17-18,21-22H,2,5-12,14,16H2,1H3,(H2,28,29,30)/t18-,21+,22?. The van der Waals surface area contributed by atoms with Crippen LogP contribution >= 0.6 is 0 Å². The number of nitrogens with zero attached hydrogens (tertiary/aromatic N) is 4. The quantitative estimate of drug-likeness (QED) is 0.487. The average Bonchev–Trinajstić information content (AvgIpc) is 3.26. The zero-order valence-electron chi connectivity index (χ0n) is 20.9. The van der Waals surface area contributed by atoms with Gasteiger partial charge in [0.2, 0.25) is 0 Å². The second-order valence-corrected chi connectivity index (χ2v) is 12.0. The number of fused-ring (bicyclic) bond motifs is 2. The largest absolute Gasteiger partial charge is 0.616 e. The maximum absolute atomic E-state index is 11.7. The number of aryl methyl sites for hydroxylation is 1. The van der Waals surface area contributed by atoms with Crippen molar-refractivity contribution in [1.29, 1.82) is 0 Å². The fraction of sp³-hybridized carbons (Fsp3) is 0.556. The Bertz CT molecular complexity index is 1220. The number of benzene rings is 1. The van der Waals surface area contributed by atoms with Crippen molar-refractivity contribution in [1.82, 2.24) is 19.4 Å². The molecule has 3 aliphatic rings. The smallest absolute Gasteiger partial charge is 0.146 e. The summed E-state index contributed by atoms with van der Waals surface area (Å²) in [4.78, 5) is 11.4. The third-order valence-electron chi connectivity index (χ3n) is 7.94. The van der Waals surface area contributed by atoms with Gasteiger partial charge in [-0.15, -0.1) is 0 Å². The van der Waals surface area contributed by atoms with Crippen LogP contribution in [-0.2, 0) is 22.3 Å². The highest BCUT2D eigenvalue weighted by Crippen LogP contribution is 2.44. The molecule has 2 N–H and O–H groups in total. The zero-order valence-corrected chi connectivity index (χ0v) is 21.7. The number of anilines is 1. The van der Waals surface area contributed by atoms with Crippen molar-refractivity contribution in [2.24, 2.45) is 5.92 Å². The molecule has 1 saturated heterocycles. The highest BCUT2D eigenvalue weighted by molar-refractivity contribution is 7.91. The molecule has 0 radical (unpaired) electrons. The normalized spacial score (nSPS) is 24.9. The minimum absolute atomic E-state index is 0.0919. The molecule has 4 heterocycles. The van der Waals surface area contributed by atoms with Crippen LogP contribution in [0.2, 0.25) is 0 Å². The molecule has 0 bridgehead atoms. The van der Waals surface area contributed by atoms with Crippen molar-refractivity contribution in [3.05, 3.63) is 36.3 Å². The summed E-state index contributed by atoms with van der Waals surface area (Å²) in [6.45, 7) is 6.35. The lowest BCUT2D eigenvalue weighted by Gasteiger charge is -2.40. The Morgan fingerprint density at radius 1 is 1.22 bits per heavy atom.